The van der Waals surface area contributed by atoms with Gasteiger partial charge in [-0.1, -0.05) is 72.7 Å². The summed E-state index contributed by atoms with van der Waals surface area (Å²) < 4.78 is 14.6. The molecular formula is C40H50N6O7. The van der Waals surface area contributed by atoms with E-state index in [4.69, 9.17) is 9.47 Å². The number of nitrogens with zero attached hydrogens (tertiary/aromatic N) is 5. The van der Waals surface area contributed by atoms with Gasteiger partial charge in [-0.05, 0) is 56.7 Å². The zero-order valence-corrected chi connectivity index (χ0v) is 30.3. The van der Waals surface area contributed by atoms with E-state index in [1.54, 1.807) is 33.6 Å². The number of carbonyl (C=O) groups excluding carboxylic acids is 4. The van der Waals surface area contributed by atoms with Crippen LogP contribution >= 0.6 is 0 Å². The molecule has 3 saturated heterocycles. The maximum absolute atomic E-state index is 14.9. The van der Waals surface area contributed by atoms with E-state index in [1.807, 2.05) is 54.6 Å². The van der Waals surface area contributed by atoms with Gasteiger partial charge in [-0.3, -0.25) is 19.2 Å². The van der Waals surface area contributed by atoms with Gasteiger partial charge in [0.2, 0.25) is 17.7 Å². The first kappa shape index (κ1) is 37.9. The molecule has 0 saturated carbocycles. The van der Waals surface area contributed by atoms with Crippen LogP contribution in [0.4, 0.5) is 0 Å². The Hall–Kier alpha value is -4.88. The van der Waals surface area contributed by atoms with Crippen molar-refractivity contribution in [3.8, 4) is 0 Å². The number of hydrogen-bond donors (Lipinski definition) is 2. The van der Waals surface area contributed by atoms with Gasteiger partial charge in [0.25, 0.3) is 0 Å². The molecule has 3 aliphatic heterocycles. The van der Waals surface area contributed by atoms with Crippen molar-refractivity contribution in [1.82, 2.24) is 30.1 Å². The lowest BCUT2D eigenvalue weighted by molar-refractivity contribution is -0.162. The molecule has 1 aromatic heterocycles. The molecule has 0 aliphatic carbocycles. The molecule has 6 rings (SSSR count). The fourth-order valence-electron chi connectivity index (χ4n) is 8.36. The fourth-order valence-corrected chi connectivity index (χ4v) is 8.36. The van der Waals surface area contributed by atoms with Crippen LogP contribution in [-0.4, -0.2) is 97.1 Å². The number of allylic oxidation sites excluding steroid dienone is 1. The Morgan fingerprint density at radius 1 is 1.09 bits per heavy atom. The minimum Gasteiger partial charge on any atom is -0.455 e. The molecule has 53 heavy (non-hydrogen) atoms. The standard InChI is InChI=1S/C40H50N6O7/c1-4-6-20-32(48)41-27(3)35(28-16-10-9-11-17-28)52-39(51)33-31-21-22-40(53-31)34(33)37(49)45(24-14-7-8-15-25-47)36(40)38(50)44(23-5-2)26-46-30-19-13-12-18-29(30)42-43-46/h4-5,9-13,16-19,27,31,33-36,47H,1-2,6-8,14-15,20-26H2,3H3,(H,41,48)/t27-,31+,33-,34-,35-,36+,40-/m1/s1. The molecule has 3 aliphatic rings. The second-order valence-electron chi connectivity index (χ2n) is 14.2. The number of nitrogens with one attached hydrogen (secondary N) is 1. The summed E-state index contributed by atoms with van der Waals surface area (Å²) >= 11 is 0. The van der Waals surface area contributed by atoms with Gasteiger partial charge < -0.3 is 29.7 Å². The predicted molar refractivity (Wildman–Crippen MR) is 197 cm³/mol. The van der Waals surface area contributed by atoms with E-state index >= 15 is 0 Å². The molecule has 2 bridgehead atoms. The monoisotopic (exact) mass is 726 g/mol. The second-order valence-corrected chi connectivity index (χ2v) is 14.2. The normalized spacial score (nSPS) is 24.1. The lowest BCUT2D eigenvalue weighted by Crippen LogP contribution is -2.56. The van der Waals surface area contributed by atoms with Crippen LogP contribution in [0.5, 0.6) is 0 Å². The lowest BCUT2D eigenvalue weighted by Gasteiger charge is -2.36. The van der Waals surface area contributed by atoms with E-state index in [1.165, 1.54) is 0 Å². The molecule has 1 spiro atoms. The van der Waals surface area contributed by atoms with Crippen molar-refractivity contribution in [3.05, 3.63) is 85.5 Å². The number of para-hydroxylation sites is 1. The van der Waals surface area contributed by atoms with Crippen LogP contribution in [0.25, 0.3) is 11.0 Å². The molecule has 282 valence electrons. The molecule has 13 heteroatoms. The van der Waals surface area contributed by atoms with Gasteiger partial charge in [0.1, 0.15) is 29.9 Å². The first-order valence-corrected chi connectivity index (χ1v) is 18.7. The third-order valence-corrected chi connectivity index (χ3v) is 10.8. The summed E-state index contributed by atoms with van der Waals surface area (Å²) in [5.74, 6) is -3.27. The van der Waals surface area contributed by atoms with Crippen LogP contribution < -0.4 is 5.32 Å². The maximum atomic E-state index is 14.9. The summed E-state index contributed by atoms with van der Waals surface area (Å²) in [5.41, 5.74) is 0.918. The van der Waals surface area contributed by atoms with Crippen molar-refractivity contribution < 1.29 is 33.8 Å². The summed E-state index contributed by atoms with van der Waals surface area (Å²) in [4.78, 5) is 59.8. The maximum Gasteiger partial charge on any atom is 0.313 e. The average Bonchev–Trinajstić information content (AvgIpc) is 3.92. The number of ether oxygens (including phenoxy) is 2. The van der Waals surface area contributed by atoms with Crippen LogP contribution in [-0.2, 0) is 35.3 Å². The third-order valence-electron chi connectivity index (χ3n) is 10.8. The smallest absolute Gasteiger partial charge is 0.313 e. The van der Waals surface area contributed by atoms with Crippen LogP contribution in [0.1, 0.15) is 70.0 Å². The van der Waals surface area contributed by atoms with Gasteiger partial charge in [-0.2, -0.15) is 0 Å². The molecule has 3 fully saturated rings. The van der Waals surface area contributed by atoms with E-state index < -0.39 is 47.7 Å². The zero-order chi connectivity index (χ0) is 37.5. The van der Waals surface area contributed by atoms with Crippen LogP contribution in [0.15, 0.2) is 79.9 Å². The summed E-state index contributed by atoms with van der Waals surface area (Å²) in [6.07, 6.45) is 6.35. The van der Waals surface area contributed by atoms with E-state index in [2.05, 4.69) is 28.8 Å². The van der Waals surface area contributed by atoms with Crippen molar-refractivity contribution in [3.63, 3.8) is 0 Å². The first-order valence-electron chi connectivity index (χ1n) is 18.7. The summed E-state index contributed by atoms with van der Waals surface area (Å²) in [6.45, 7) is 10.0. The molecule has 4 heterocycles. The molecule has 7 atom stereocenters. The number of fused-ring (bicyclic) bond motifs is 2. The summed E-state index contributed by atoms with van der Waals surface area (Å²) in [7, 11) is 0. The molecule has 2 N–H and O–H groups in total. The van der Waals surface area contributed by atoms with Crippen molar-refractivity contribution >= 4 is 34.7 Å². The van der Waals surface area contributed by atoms with Crippen LogP contribution in [0.2, 0.25) is 0 Å². The van der Waals surface area contributed by atoms with E-state index in [0.717, 1.165) is 18.4 Å². The highest BCUT2D eigenvalue weighted by atomic mass is 16.6. The Kier molecular flexibility index (Phi) is 12.0. The van der Waals surface area contributed by atoms with Crippen LogP contribution in [0.3, 0.4) is 0 Å². The summed E-state index contributed by atoms with van der Waals surface area (Å²) in [6, 6.07) is 15.1. The molecule has 0 radical (unpaired) electrons. The van der Waals surface area contributed by atoms with Gasteiger partial charge in [0.05, 0.1) is 29.5 Å². The van der Waals surface area contributed by atoms with E-state index in [9.17, 15) is 24.3 Å². The summed E-state index contributed by atoms with van der Waals surface area (Å²) in [5, 5.41) is 20.8. The molecule has 3 amide bonds. The van der Waals surface area contributed by atoms with Crippen molar-refractivity contribution in [2.24, 2.45) is 11.8 Å². The number of likely N-dealkylation sites (tertiary alicyclic amines) is 1. The number of unbranched alkanes of at least 4 members (excludes halogenated alkanes) is 3. The predicted octanol–water partition coefficient (Wildman–Crippen LogP) is 4.09. The molecule has 2 aromatic carbocycles. The SMILES string of the molecule is C=CCCC(=O)N[C@H](C)[C@@H](OC(=O)[C@@H]1[C@@H]2CC[C@]3(O2)[C@H](C(=O)N(CC=C)Cn2nnc4ccccc42)N(CCCCCCO)C(=O)[C@@H]13)c1ccccc1. The van der Waals surface area contributed by atoms with Crippen molar-refractivity contribution in [2.45, 2.75) is 94.9 Å². The fraction of sp³-hybridized carbons (Fsp3) is 0.500. The van der Waals surface area contributed by atoms with Crippen molar-refractivity contribution in [1.29, 1.82) is 0 Å². The highest BCUT2D eigenvalue weighted by Crippen LogP contribution is 2.59. The van der Waals surface area contributed by atoms with Gasteiger partial charge in [0, 0.05) is 26.1 Å². The number of rotatable bonds is 19. The molecular weight excluding hydrogens is 676 g/mol. The average molecular weight is 727 g/mol. The van der Waals surface area contributed by atoms with Crippen LogP contribution in [0, 0.1) is 11.8 Å². The Bertz CT molecular complexity index is 1800. The van der Waals surface area contributed by atoms with Gasteiger partial charge in [-0.15, -0.1) is 18.3 Å². The number of amides is 3. The van der Waals surface area contributed by atoms with E-state index in [-0.39, 0.29) is 44.0 Å². The zero-order valence-electron chi connectivity index (χ0n) is 30.3. The minimum absolute atomic E-state index is 0.0746. The van der Waals surface area contributed by atoms with Gasteiger partial charge in [0.15, 0.2) is 0 Å². The Balaban J connectivity index is 1.29. The number of carbonyl (C=O) groups is 4. The largest absolute Gasteiger partial charge is 0.455 e. The number of esters is 1. The Labute approximate surface area is 310 Å². The number of aliphatic hydroxyl groups is 1. The molecule has 0 unspecified atom stereocenters. The van der Waals surface area contributed by atoms with Crippen molar-refractivity contribution in [2.75, 3.05) is 19.7 Å². The quantitative estimate of drug-likeness (QED) is 0.106. The number of aliphatic hydroxyl groups excluding tert-OH is 1. The molecule has 13 nitrogen and oxygen atoms in total. The second kappa shape index (κ2) is 16.9. The Morgan fingerprint density at radius 3 is 2.60 bits per heavy atom. The first-order chi connectivity index (χ1) is 25.7. The van der Waals surface area contributed by atoms with Gasteiger partial charge in [-0.25, -0.2) is 4.68 Å². The number of benzene rings is 2. The topological polar surface area (TPSA) is 156 Å². The molecule has 3 aromatic rings. The van der Waals surface area contributed by atoms with E-state index in [0.29, 0.717) is 49.7 Å². The Morgan fingerprint density at radius 2 is 1.85 bits per heavy atom. The highest BCUT2D eigenvalue weighted by Gasteiger charge is 2.75. The number of aromatic nitrogens is 3. The minimum atomic E-state index is -1.23. The lowest BCUT2D eigenvalue weighted by atomic mass is 9.70. The number of hydrogen-bond acceptors (Lipinski definition) is 9. The third kappa shape index (κ3) is 7.63. The highest BCUT2D eigenvalue weighted by molar-refractivity contribution is 5.98. The van der Waals surface area contributed by atoms with Gasteiger partial charge >= 0.3 is 5.97 Å².